The van der Waals surface area contributed by atoms with Crippen molar-refractivity contribution in [3.05, 3.63) is 118 Å². The van der Waals surface area contributed by atoms with Crippen molar-refractivity contribution in [3.63, 3.8) is 0 Å². The fraction of sp³-hybridized carbons (Fsp3) is 0.278. The molecule has 0 spiro atoms. The lowest BCUT2D eigenvalue weighted by Gasteiger charge is -2.46. The predicted octanol–water partition coefficient (Wildman–Crippen LogP) is 6.83. The number of carbonyl (C=O) groups is 1. The molecule has 9 heteroatoms. The van der Waals surface area contributed by atoms with E-state index in [4.69, 9.17) is 30.5 Å². The van der Waals surface area contributed by atoms with E-state index in [0.717, 1.165) is 27.8 Å². The van der Waals surface area contributed by atoms with Gasteiger partial charge in [0.05, 0.1) is 36.0 Å². The summed E-state index contributed by atoms with van der Waals surface area (Å²) in [6, 6.07) is 30.4. The van der Waals surface area contributed by atoms with Gasteiger partial charge in [0.2, 0.25) is 5.72 Å². The number of carboxylic acids is 1. The molecule has 1 fully saturated rings. The summed E-state index contributed by atoms with van der Waals surface area (Å²) in [5.41, 5.74) is 3.10. The first-order valence-electron chi connectivity index (χ1n) is 14.9. The fourth-order valence-electron chi connectivity index (χ4n) is 5.87. The van der Waals surface area contributed by atoms with E-state index in [1.807, 2.05) is 77.7 Å². The minimum atomic E-state index is -1.64. The van der Waals surface area contributed by atoms with E-state index in [1.165, 1.54) is 0 Å². The van der Waals surface area contributed by atoms with Crippen LogP contribution in [0.1, 0.15) is 35.1 Å². The Bertz CT molecular complexity index is 1710. The molecule has 0 saturated carbocycles. The number of aliphatic carboxylic acids is 1. The Morgan fingerprint density at radius 2 is 1.73 bits per heavy atom. The largest absolute Gasteiger partial charge is 0.486 e. The van der Waals surface area contributed by atoms with Crippen LogP contribution in [0.15, 0.2) is 91.0 Å². The lowest BCUT2D eigenvalue weighted by Crippen LogP contribution is -2.61. The van der Waals surface area contributed by atoms with Gasteiger partial charge in [-0.1, -0.05) is 78.3 Å². The molecule has 2 aliphatic rings. The van der Waals surface area contributed by atoms with Gasteiger partial charge in [-0.05, 0) is 52.9 Å². The van der Waals surface area contributed by atoms with Gasteiger partial charge in [0.1, 0.15) is 13.2 Å². The fourth-order valence-corrected chi connectivity index (χ4v) is 6.16. The number of hydrogen-bond acceptors (Lipinski definition) is 7. The second-order valence-electron chi connectivity index (χ2n) is 11.2. The highest BCUT2D eigenvalue weighted by Crippen LogP contribution is 2.39. The van der Waals surface area contributed by atoms with E-state index in [0.29, 0.717) is 54.8 Å². The van der Waals surface area contributed by atoms with E-state index in [2.05, 4.69) is 6.07 Å². The number of hydrogen-bond donors (Lipinski definition) is 1. The van der Waals surface area contributed by atoms with Crippen LogP contribution in [0.5, 0.6) is 11.5 Å². The highest BCUT2D eigenvalue weighted by molar-refractivity contribution is 6.34. The quantitative estimate of drug-likeness (QED) is 0.205. The molecule has 0 aromatic heterocycles. The monoisotopic (exact) mass is 624 g/mol. The van der Waals surface area contributed by atoms with Crippen molar-refractivity contribution in [3.8, 4) is 28.7 Å². The molecule has 2 heterocycles. The van der Waals surface area contributed by atoms with Crippen LogP contribution in [0, 0.1) is 11.3 Å². The summed E-state index contributed by atoms with van der Waals surface area (Å²) in [6.07, 6.45) is 0.342. The van der Waals surface area contributed by atoms with E-state index in [1.54, 1.807) is 18.2 Å². The third-order valence-electron chi connectivity index (χ3n) is 8.23. The minimum Gasteiger partial charge on any atom is -0.486 e. The third kappa shape index (κ3) is 6.82. The predicted molar refractivity (Wildman–Crippen MR) is 169 cm³/mol. The van der Waals surface area contributed by atoms with Gasteiger partial charge in [0.25, 0.3) is 0 Å². The number of fused-ring (bicyclic) bond motifs is 1. The van der Waals surface area contributed by atoms with Gasteiger partial charge < -0.3 is 24.1 Å². The van der Waals surface area contributed by atoms with Crippen LogP contribution in [-0.4, -0.2) is 47.6 Å². The number of piperidine rings is 1. The molecule has 0 radical (unpaired) electrons. The van der Waals surface area contributed by atoms with Crippen molar-refractivity contribution >= 4 is 17.6 Å². The van der Waals surface area contributed by atoms with Gasteiger partial charge in [-0.3, -0.25) is 4.90 Å². The van der Waals surface area contributed by atoms with E-state index >= 15 is 0 Å². The van der Waals surface area contributed by atoms with Crippen LogP contribution < -0.4 is 9.47 Å². The maximum Gasteiger partial charge on any atom is 0.351 e. The van der Waals surface area contributed by atoms with Gasteiger partial charge in [-0.15, -0.1) is 0 Å². The molecule has 45 heavy (non-hydrogen) atoms. The summed E-state index contributed by atoms with van der Waals surface area (Å²) in [4.78, 5) is 15.0. The highest BCUT2D eigenvalue weighted by atomic mass is 35.5. The summed E-state index contributed by atoms with van der Waals surface area (Å²) >= 11 is 6.90. The Hall–Kier alpha value is -4.39. The summed E-state index contributed by atoms with van der Waals surface area (Å²) in [6.45, 7) is 2.12. The summed E-state index contributed by atoms with van der Waals surface area (Å²) < 4.78 is 24.1. The first-order valence-corrected chi connectivity index (χ1v) is 15.3. The molecule has 0 aliphatic carbocycles. The number of rotatable bonds is 10. The number of nitriles is 1. The SMILES string of the molecule is N#Cc1cccc(COC2(C(=O)O)CC(OCc3cccc(-c4ccc5c(c4)OCCO5)c3Cl)CCN2Cc2ccccc2)c1. The van der Waals surface area contributed by atoms with E-state index in [9.17, 15) is 15.2 Å². The van der Waals surface area contributed by atoms with Gasteiger partial charge in [-0.2, -0.15) is 5.26 Å². The van der Waals surface area contributed by atoms with Gasteiger partial charge >= 0.3 is 5.97 Å². The van der Waals surface area contributed by atoms with Crippen molar-refractivity contribution in [2.24, 2.45) is 0 Å². The van der Waals surface area contributed by atoms with Crippen LogP contribution in [0.2, 0.25) is 5.02 Å². The molecule has 0 amide bonds. The number of benzene rings is 4. The maximum atomic E-state index is 13.1. The zero-order valence-electron chi connectivity index (χ0n) is 24.7. The first kappa shape index (κ1) is 30.6. The number of likely N-dealkylation sites (tertiary alicyclic amines) is 1. The molecular formula is C36H33ClN2O6. The maximum absolute atomic E-state index is 13.1. The Morgan fingerprint density at radius 1 is 0.956 bits per heavy atom. The second kappa shape index (κ2) is 13.7. The zero-order valence-corrected chi connectivity index (χ0v) is 25.4. The number of nitrogens with zero attached hydrogens (tertiary/aromatic N) is 2. The lowest BCUT2D eigenvalue weighted by molar-refractivity contribution is -0.227. The number of carboxylic acid groups (broad SMARTS) is 1. The lowest BCUT2D eigenvalue weighted by atomic mass is 9.94. The Labute approximate surface area is 267 Å². The van der Waals surface area contributed by atoms with Crippen molar-refractivity contribution in [2.45, 2.75) is 44.4 Å². The van der Waals surface area contributed by atoms with Crippen LogP contribution >= 0.6 is 11.6 Å². The summed E-state index contributed by atoms with van der Waals surface area (Å²) in [7, 11) is 0. The van der Waals surface area contributed by atoms with Crippen molar-refractivity contribution in [1.29, 1.82) is 5.26 Å². The molecule has 2 unspecified atom stereocenters. The molecule has 4 aromatic rings. The molecule has 0 bridgehead atoms. The standard InChI is InChI=1S/C36H33ClN2O6/c37-34-29(10-5-11-31(34)28-12-13-32-33(19-28)43-17-16-42-32)24-44-30-14-15-39(22-25-6-2-1-3-7-25)36(20-30,35(40)41)45-23-27-9-4-8-26(18-27)21-38/h1-13,18-19,30H,14-17,20,22-24H2,(H,40,41). The highest BCUT2D eigenvalue weighted by Gasteiger charge is 2.50. The Kier molecular flexibility index (Phi) is 9.34. The second-order valence-corrected chi connectivity index (χ2v) is 11.5. The van der Waals surface area contributed by atoms with Gasteiger partial charge in [0, 0.05) is 25.1 Å². The van der Waals surface area contributed by atoms with Crippen LogP contribution in [-0.2, 0) is 34.0 Å². The van der Waals surface area contributed by atoms with Crippen LogP contribution in [0.4, 0.5) is 0 Å². The van der Waals surface area contributed by atoms with Crippen molar-refractivity contribution < 1.29 is 28.8 Å². The molecule has 1 N–H and O–H groups in total. The minimum absolute atomic E-state index is 0.0310. The molecule has 1 saturated heterocycles. The van der Waals surface area contributed by atoms with Crippen molar-refractivity contribution in [1.82, 2.24) is 4.90 Å². The molecule has 2 atom stereocenters. The molecule has 6 rings (SSSR count). The molecule has 230 valence electrons. The smallest absolute Gasteiger partial charge is 0.351 e. The van der Waals surface area contributed by atoms with Crippen LogP contribution in [0.25, 0.3) is 11.1 Å². The number of halogens is 1. The Balaban J connectivity index is 1.21. The molecule has 2 aliphatic heterocycles. The average Bonchev–Trinajstić information content (AvgIpc) is 3.08. The molecule has 4 aromatic carbocycles. The zero-order chi connectivity index (χ0) is 31.2. The normalized spacial score (nSPS) is 19.5. The molecule has 8 nitrogen and oxygen atoms in total. The first-order chi connectivity index (χ1) is 21.9. The topological polar surface area (TPSA) is 101 Å². The number of ether oxygens (including phenoxy) is 4. The summed E-state index contributed by atoms with van der Waals surface area (Å²) in [5, 5.41) is 20.6. The third-order valence-corrected chi connectivity index (χ3v) is 8.67. The summed E-state index contributed by atoms with van der Waals surface area (Å²) in [5.74, 6) is 0.311. The molecular weight excluding hydrogens is 592 g/mol. The van der Waals surface area contributed by atoms with Crippen molar-refractivity contribution in [2.75, 3.05) is 19.8 Å². The Morgan fingerprint density at radius 3 is 2.53 bits per heavy atom. The van der Waals surface area contributed by atoms with Crippen LogP contribution in [0.3, 0.4) is 0 Å². The van der Waals surface area contributed by atoms with Gasteiger partial charge in [0.15, 0.2) is 11.5 Å². The van der Waals surface area contributed by atoms with E-state index in [-0.39, 0.29) is 19.6 Å². The van der Waals surface area contributed by atoms with E-state index < -0.39 is 17.8 Å². The average molecular weight is 625 g/mol. The van der Waals surface area contributed by atoms with Gasteiger partial charge in [-0.25, -0.2) is 4.79 Å².